The van der Waals surface area contributed by atoms with Crippen molar-refractivity contribution in [3.05, 3.63) is 66.4 Å². The van der Waals surface area contributed by atoms with Crippen molar-refractivity contribution in [1.29, 1.82) is 0 Å². The van der Waals surface area contributed by atoms with Crippen molar-refractivity contribution in [2.45, 2.75) is 18.9 Å². The number of hydrogen-bond acceptors (Lipinski definition) is 4. The van der Waals surface area contributed by atoms with E-state index >= 15 is 0 Å². The molecular formula is C22H24N4O2. The summed E-state index contributed by atoms with van der Waals surface area (Å²) in [6, 6.07) is 19.3. The van der Waals surface area contributed by atoms with Crippen LogP contribution in [0.15, 0.2) is 60.7 Å². The van der Waals surface area contributed by atoms with Gasteiger partial charge >= 0.3 is 0 Å². The first kappa shape index (κ1) is 18.3. The maximum absolute atomic E-state index is 12.7. The molecule has 1 fully saturated rings. The molecule has 1 unspecified atom stereocenters. The Hall–Kier alpha value is -3.12. The normalized spacial score (nSPS) is 14.5. The van der Waals surface area contributed by atoms with Gasteiger partial charge in [-0.25, -0.2) is 4.68 Å². The summed E-state index contributed by atoms with van der Waals surface area (Å²) in [5.41, 5.74) is 9.15. The van der Waals surface area contributed by atoms with Gasteiger partial charge in [-0.05, 0) is 61.2 Å². The molecule has 1 atom stereocenters. The minimum atomic E-state index is -0.208. The number of benzene rings is 2. The highest BCUT2D eigenvalue weighted by Crippen LogP contribution is 2.31. The van der Waals surface area contributed by atoms with Crippen LogP contribution in [0.5, 0.6) is 5.75 Å². The van der Waals surface area contributed by atoms with Crippen LogP contribution >= 0.6 is 0 Å². The van der Waals surface area contributed by atoms with Crippen LogP contribution in [0.1, 0.15) is 23.3 Å². The average molecular weight is 376 g/mol. The van der Waals surface area contributed by atoms with Crippen molar-refractivity contribution in [3.8, 4) is 22.7 Å². The van der Waals surface area contributed by atoms with E-state index in [1.807, 2.05) is 60.7 Å². The second-order valence-corrected chi connectivity index (χ2v) is 7.10. The standard InChI is InChI=1S/C22H24N4O2/c1-28-18-11-9-16(10-12-18)21-13-20(22(27)24-14-19(23)15-7-8-15)25-26(21)17-5-3-2-4-6-17/h2-6,9-13,15,19H,7-8,14,23H2,1H3,(H,24,27). The maximum atomic E-state index is 12.7. The first-order valence-corrected chi connectivity index (χ1v) is 9.49. The van der Waals surface area contributed by atoms with Crippen molar-refractivity contribution in [3.63, 3.8) is 0 Å². The number of para-hydroxylation sites is 1. The fourth-order valence-electron chi connectivity index (χ4n) is 3.22. The second-order valence-electron chi connectivity index (χ2n) is 7.10. The first-order valence-electron chi connectivity index (χ1n) is 9.49. The second kappa shape index (κ2) is 7.86. The molecule has 0 bridgehead atoms. The molecule has 28 heavy (non-hydrogen) atoms. The molecule has 0 saturated heterocycles. The van der Waals surface area contributed by atoms with Crippen LogP contribution in [0, 0.1) is 5.92 Å². The lowest BCUT2D eigenvalue weighted by Crippen LogP contribution is -2.38. The molecule has 6 nitrogen and oxygen atoms in total. The maximum Gasteiger partial charge on any atom is 0.271 e. The molecule has 1 aliphatic carbocycles. The first-order chi connectivity index (χ1) is 13.7. The van der Waals surface area contributed by atoms with Crippen molar-refractivity contribution in [1.82, 2.24) is 15.1 Å². The molecule has 1 aromatic heterocycles. The van der Waals surface area contributed by atoms with Crippen LogP contribution in [-0.2, 0) is 0 Å². The number of nitrogens with one attached hydrogen (secondary N) is 1. The monoisotopic (exact) mass is 376 g/mol. The third kappa shape index (κ3) is 3.92. The fraction of sp³-hybridized carbons (Fsp3) is 0.273. The highest BCUT2D eigenvalue weighted by molar-refractivity contribution is 5.93. The van der Waals surface area contributed by atoms with E-state index in [-0.39, 0.29) is 11.9 Å². The van der Waals surface area contributed by atoms with Crippen LogP contribution in [0.3, 0.4) is 0 Å². The van der Waals surface area contributed by atoms with E-state index in [0.29, 0.717) is 18.2 Å². The van der Waals surface area contributed by atoms with Gasteiger partial charge in [0.15, 0.2) is 5.69 Å². The molecule has 0 aliphatic heterocycles. The molecule has 3 N–H and O–H groups in total. The predicted molar refractivity (Wildman–Crippen MR) is 109 cm³/mol. The van der Waals surface area contributed by atoms with Crippen LogP contribution in [0.25, 0.3) is 16.9 Å². The van der Waals surface area contributed by atoms with Gasteiger partial charge in [0.2, 0.25) is 0 Å². The van der Waals surface area contributed by atoms with Gasteiger partial charge in [-0.1, -0.05) is 18.2 Å². The summed E-state index contributed by atoms with van der Waals surface area (Å²) in [6.07, 6.45) is 2.31. The minimum absolute atomic E-state index is 0.0150. The zero-order valence-corrected chi connectivity index (χ0v) is 15.8. The van der Waals surface area contributed by atoms with Gasteiger partial charge in [-0.15, -0.1) is 0 Å². The zero-order chi connectivity index (χ0) is 19.5. The molecular weight excluding hydrogens is 352 g/mol. The molecule has 1 saturated carbocycles. The van der Waals surface area contributed by atoms with Crippen LogP contribution in [0.4, 0.5) is 0 Å². The number of nitrogens with two attached hydrogens (primary N) is 1. The molecule has 0 spiro atoms. The lowest BCUT2D eigenvalue weighted by Gasteiger charge is -2.10. The van der Waals surface area contributed by atoms with Gasteiger partial charge in [0, 0.05) is 18.2 Å². The topological polar surface area (TPSA) is 82.2 Å². The quantitative estimate of drug-likeness (QED) is 0.664. The van der Waals surface area contributed by atoms with Gasteiger partial charge in [-0.3, -0.25) is 4.79 Å². The lowest BCUT2D eigenvalue weighted by molar-refractivity contribution is 0.0945. The van der Waals surface area contributed by atoms with Crippen LogP contribution in [-0.4, -0.2) is 35.4 Å². The van der Waals surface area contributed by atoms with Gasteiger partial charge in [-0.2, -0.15) is 5.10 Å². The van der Waals surface area contributed by atoms with Gasteiger partial charge in [0.05, 0.1) is 18.5 Å². The Morgan fingerprint density at radius 2 is 1.93 bits per heavy atom. The molecule has 3 aromatic rings. The number of carbonyl (C=O) groups excluding carboxylic acids is 1. The van der Waals surface area contributed by atoms with E-state index in [1.54, 1.807) is 11.8 Å². The van der Waals surface area contributed by atoms with E-state index in [1.165, 1.54) is 0 Å². The average Bonchev–Trinajstić information content (AvgIpc) is 3.51. The Bertz CT molecular complexity index is 946. The lowest BCUT2D eigenvalue weighted by atomic mass is 10.1. The fourth-order valence-corrected chi connectivity index (χ4v) is 3.22. The summed E-state index contributed by atoms with van der Waals surface area (Å²) in [5, 5.41) is 7.49. The number of rotatable bonds is 7. The van der Waals surface area contributed by atoms with Crippen molar-refractivity contribution >= 4 is 5.91 Å². The largest absolute Gasteiger partial charge is 0.497 e. The number of hydrogen-bond donors (Lipinski definition) is 2. The number of nitrogens with zero attached hydrogens (tertiary/aromatic N) is 2. The number of amides is 1. The number of aromatic nitrogens is 2. The Labute approximate surface area is 164 Å². The molecule has 144 valence electrons. The van der Waals surface area contributed by atoms with Gasteiger partial charge in [0.25, 0.3) is 5.91 Å². The van der Waals surface area contributed by atoms with E-state index < -0.39 is 0 Å². The molecule has 2 aromatic carbocycles. The molecule has 6 heteroatoms. The summed E-state index contributed by atoms with van der Waals surface area (Å²) in [4.78, 5) is 12.7. The Kier molecular flexibility index (Phi) is 5.12. The Balaban J connectivity index is 1.64. The smallest absolute Gasteiger partial charge is 0.271 e. The van der Waals surface area contributed by atoms with Crippen LogP contribution in [0.2, 0.25) is 0 Å². The third-order valence-corrected chi connectivity index (χ3v) is 5.05. The summed E-state index contributed by atoms with van der Waals surface area (Å²) in [7, 11) is 1.64. The molecule has 1 amide bonds. The third-order valence-electron chi connectivity index (χ3n) is 5.05. The van der Waals surface area contributed by atoms with Gasteiger partial charge < -0.3 is 15.8 Å². The van der Waals surface area contributed by atoms with Gasteiger partial charge in [0.1, 0.15) is 5.75 Å². The molecule has 1 heterocycles. The van der Waals surface area contributed by atoms with Crippen LogP contribution < -0.4 is 15.8 Å². The van der Waals surface area contributed by atoms with Crippen molar-refractivity contribution in [2.75, 3.05) is 13.7 Å². The summed E-state index contributed by atoms with van der Waals surface area (Å²) >= 11 is 0. The molecule has 1 aliphatic rings. The van der Waals surface area contributed by atoms with E-state index in [0.717, 1.165) is 35.5 Å². The number of ether oxygens (including phenoxy) is 1. The summed E-state index contributed by atoms with van der Waals surface area (Å²) in [5.74, 6) is 1.11. The predicted octanol–water partition coefficient (Wildman–Crippen LogP) is 3.02. The highest BCUT2D eigenvalue weighted by Gasteiger charge is 2.28. The Morgan fingerprint density at radius 3 is 2.57 bits per heavy atom. The SMILES string of the molecule is COc1ccc(-c2cc(C(=O)NCC(N)C3CC3)nn2-c2ccccc2)cc1. The molecule has 0 radical (unpaired) electrons. The zero-order valence-electron chi connectivity index (χ0n) is 15.8. The van der Waals surface area contributed by atoms with E-state index in [2.05, 4.69) is 10.4 Å². The van der Waals surface area contributed by atoms with E-state index in [4.69, 9.17) is 10.5 Å². The summed E-state index contributed by atoms with van der Waals surface area (Å²) in [6.45, 7) is 0.472. The van der Waals surface area contributed by atoms with Crippen molar-refractivity contribution < 1.29 is 9.53 Å². The highest BCUT2D eigenvalue weighted by atomic mass is 16.5. The number of carbonyl (C=O) groups is 1. The minimum Gasteiger partial charge on any atom is -0.497 e. The Morgan fingerprint density at radius 1 is 1.21 bits per heavy atom. The molecule has 4 rings (SSSR count). The van der Waals surface area contributed by atoms with E-state index in [9.17, 15) is 4.79 Å². The van der Waals surface area contributed by atoms with Crippen molar-refractivity contribution in [2.24, 2.45) is 11.7 Å². The number of methoxy groups -OCH3 is 1. The summed E-state index contributed by atoms with van der Waals surface area (Å²) < 4.78 is 7.03.